The normalized spacial score (nSPS) is 18.9. The molecule has 0 saturated carbocycles. The van der Waals surface area contributed by atoms with E-state index < -0.39 is 11.3 Å². The number of hydrogen-bond acceptors (Lipinski definition) is 9. The van der Waals surface area contributed by atoms with Crippen LogP contribution in [-0.2, 0) is 27.3 Å². The molecule has 2 aromatic heterocycles. The van der Waals surface area contributed by atoms with Crippen molar-refractivity contribution in [2.24, 2.45) is 11.1 Å². The first-order valence-corrected chi connectivity index (χ1v) is 16.8. The summed E-state index contributed by atoms with van der Waals surface area (Å²) in [5.74, 6) is -0.337. The highest BCUT2D eigenvalue weighted by atomic mass is 16.5. The summed E-state index contributed by atoms with van der Waals surface area (Å²) in [5, 5.41) is 11.3. The zero-order chi connectivity index (χ0) is 35.1. The van der Waals surface area contributed by atoms with Crippen molar-refractivity contribution in [3.63, 3.8) is 0 Å². The van der Waals surface area contributed by atoms with Gasteiger partial charge in [-0.3, -0.25) is 23.9 Å². The molecule has 4 heterocycles. The van der Waals surface area contributed by atoms with Crippen LogP contribution < -0.4 is 26.0 Å². The van der Waals surface area contributed by atoms with Gasteiger partial charge in [-0.25, -0.2) is 4.98 Å². The molecule has 50 heavy (non-hydrogen) atoms. The Labute approximate surface area is 289 Å². The monoisotopic (exact) mass is 682 g/mol. The Balaban J connectivity index is 1.35. The van der Waals surface area contributed by atoms with Crippen molar-refractivity contribution in [2.75, 3.05) is 64.5 Å². The summed E-state index contributed by atoms with van der Waals surface area (Å²) in [6, 6.07) is 18.1. The van der Waals surface area contributed by atoms with Crippen molar-refractivity contribution < 1.29 is 28.7 Å². The fourth-order valence-corrected chi connectivity index (χ4v) is 6.80. The van der Waals surface area contributed by atoms with Gasteiger partial charge in [-0.05, 0) is 55.2 Å². The van der Waals surface area contributed by atoms with Gasteiger partial charge in [0.05, 0.1) is 23.0 Å². The first-order valence-electron chi connectivity index (χ1n) is 16.8. The number of piperazine rings is 1. The quantitative estimate of drug-likeness (QED) is 0.246. The first kappa shape index (κ1) is 34.4. The Morgan fingerprint density at radius 1 is 1.00 bits per heavy atom. The fraction of sp³-hybridized carbons (Fsp3) is 0.389. The number of benzene rings is 2. The standard InChI is InChI=1S/C36H42N8O6/c1-49-20-6-12-36(35(48)43-18-16-42(17-19-43)33-28(32(37)46)10-5-13-39-33)22-25-7-4-8-26(21-25)50-23-30(45)38-14-15-44-31(34(47)40-24-36)27-9-2-3-11-29(27)41-44/h2-5,7-11,13,21H,6,12,14-20,22-24H2,1H3,(H2,37,46)(H,38,45)(H,40,47). The molecule has 262 valence electrons. The van der Waals surface area contributed by atoms with E-state index in [0.717, 1.165) is 5.56 Å². The Morgan fingerprint density at radius 2 is 1.82 bits per heavy atom. The number of nitrogens with two attached hydrogens (primary N) is 1. The van der Waals surface area contributed by atoms with Crippen LogP contribution in [0.2, 0.25) is 0 Å². The van der Waals surface area contributed by atoms with Gasteiger partial charge in [0, 0.05) is 64.6 Å². The molecule has 4 amide bonds. The van der Waals surface area contributed by atoms with Gasteiger partial charge in [0.15, 0.2) is 6.61 Å². The lowest BCUT2D eigenvalue weighted by Gasteiger charge is -2.42. The molecule has 2 bridgehead atoms. The molecule has 4 N–H and O–H groups in total. The van der Waals surface area contributed by atoms with Crippen LogP contribution in [0.25, 0.3) is 10.9 Å². The van der Waals surface area contributed by atoms with Crippen LogP contribution in [0.5, 0.6) is 5.75 Å². The highest BCUT2D eigenvalue weighted by Crippen LogP contribution is 2.34. The molecule has 2 aliphatic rings. The number of hydrogen-bond donors (Lipinski definition) is 3. The van der Waals surface area contributed by atoms with Gasteiger partial charge in [0.1, 0.15) is 17.3 Å². The van der Waals surface area contributed by atoms with Crippen molar-refractivity contribution in [3.05, 3.63) is 83.7 Å². The Bertz CT molecular complexity index is 1870. The summed E-state index contributed by atoms with van der Waals surface area (Å²) in [4.78, 5) is 62.0. The zero-order valence-electron chi connectivity index (χ0n) is 28.1. The van der Waals surface area contributed by atoms with E-state index >= 15 is 0 Å². The SMILES string of the molecule is COCCCC1(C(=O)N2CCN(c3ncccc3C(N)=O)CC2)CNC(=O)c2c3ccccc3nn2CCNC(=O)COc2cccc(c2)C1. The largest absolute Gasteiger partial charge is 0.484 e. The van der Waals surface area contributed by atoms with E-state index in [4.69, 9.17) is 15.2 Å². The summed E-state index contributed by atoms with van der Waals surface area (Å²) in [6.07, 6.45) is 2.92. The maximum absolute atomic E-state index is 14.9. The number of nitrogens with zero attached hydrogens (tertiary/aromatic N) is 5. The lowest BCUT2D eigenvalue weighted by molar-refractivity contribution is -0.143. The van der Waals surface area contributed by atoms with E-state index in [1.807, 2.05) is 52.3 Å². The number of ether oxygens (including phenoxy) is 2. The minimum atomic E-state index is -1.06. The number of methoxy groups -OCH3 is 1. The van der Waals surface area contributed by atoms with E-state index in [1.165, 1.54) is 0 Å². The van der Waals surface area contributed by atoms with Gasteiger partial charge in [0.2, 0.25) is 5.91 Å². The van der Waals surface area contributed by atoms with Crippen LogP contribution in [-0.4, -0.2) is 103 Å². The van der Waals surface area contributed by atoms with Crippen LogP contribution in [0, 0.1) is 5.41 Å². The molecule has 6 rings (SSSR count). The molecule has 1 unspecified atom stereocenters. The van der Waals surface area contributed by atoms with Crippen LogP contribution in [0.4, 0.5) is 5.82 Å². The molecule has 1 atom stereocenters. The van der Waals surface area contributed by atoms with Crippen LogP contribution >= 0.6 is 0 Å². The molecule has 4 aromatic rings. The van der Waals surface area contributed by atoms with Gasteiger partial charge in [0.25, 0.3) is 17.7 Å². The van der Waals surface area contributed by atoms with Crippen molar-refractivity contribution in [1.29, 1.82) is 0 Å². The molecular weight excluding hydrogens is 640 g/mol. The molecule has 0 aliphatic carbocycles. The van der Waals surface area contributed by atoms with Crippen molar-refractivity contribution in [2.45, 2.75) is 25.8 Å². The van der Waals surface area contributed by atoms with E-state index in [2.05, 4.69) is 20.7 Å². The molecular formula is C36H42N8O6. The maximum Gasteiger partial charge on any atom is 0.270 e. The molecule has 1 fully saturated rings. The molecule has 0 radical (unpaired) electrons. The third-order valence-electron chi connectivity index (χ3n) is 9.28. The lowest BCUT2D eigenvalue weighted by Crippen LogP contribution is -2.57. The van der Waals surface area contributed by atoms with Crippen LogP contribution in [0.1, 0.15) is 39.3 Å². The summed E-state index contributed by atoms with van der Waals surface area (Å²) in [6.45, 7) is 2.44. The van der Waals surface area contributed by atoms with E-state index in [-0.39, 0.29) is 44.0 Å². The van der Waals surface area contributed by atoms with E-state index in [0.29, 0.717) is 85.8 Å². The second-order valence-electron chi connectivity index (χ2n) is 12.6. The van der Waals surface area contributed by atoms with Gasteiger partial charge in [-0.15, -0.1) is 0 Å². The van der Waals surface area contributed by atoms with Crippen molar-refractivity contribution in [1.82, 2.24) is 30.3 Å². The molecule has 0 spiro atoms. The van der Waals surface area contributed by atoms with Gasteiger partial charge in [-0.2, -0.15) is 5.10 Å². The average Bonchev–Trinajstić information content (AvgIpc) is 3.51. The number of anilines is 1. The van der Waals surface area contributed by atoms with Gasteiger partial charge in [-0.1, -0.05) is 30.3 Å². The highest BCUT2D eigenvalue weighted by molar-refractivity contribution is 6.05. The number of rotatable bonds is 7. The number of pyridine rings is 1. The third-order valence-corrected chi connectivity index (χ3v) is 9.28. The third kappa shape index (κ3) is 7.54. The molecule has 14 heteroatoms. The molecule has 1 saturated heterocycles. The van der Waals surface area contributed by atoms with Crippen LogP contribution in [0.15, 0.2) is 66.9 Å². The Hall–Kier alpha value is -5.50. The molecule has 2 aromatic carbocycles. The van der Waals surface area contributed by atoms with E-state index in [1.54, 1.807) is 36.2 Å². The number of primary amides is 1. The topological polar surface area (TPSA) is 174 Å². The fourth-order valence-electron chi connectivity index (χ4n) is 6.80. The zero-order valence-corrected chi connectivity index (χ0v) is 28.1. The van der Waals surface area contributed by atoms with Gasteiger partial charge >= 0.3 is 0 Å². The summed E-state index contributed by atoms with van der Waals surface area (Å²) in [5.41, 5.74) is 6.72. The van der Waals surface area contributed by atoms with Crippen molar-refractivity contribution >= 4 is 40.3 Å². The minimum absolute atomic E-state index is 0.0575. The minimum Gasteiger partial charge on any atom is -0.484 e. The summed E-state index contributed by atoms with van der Waals surface area (Å²) >= 11 is 0. The maximum atomic E-state index is 14.9. The van der Waals surface area contributed by atoms with Crippen LogP contribution in [0.3, 0.4) is 0 Å². The van der Waals surface area contributed by atoms with E-state index in [9.17, 15) is 19.2 Å². The number of nitrogens with one attached hydrogen (secondary N) is 2. The smallest absolute Gasteiger partial charge is 0.270 e. The molecule has 2 aliphatic heterocycles. The Kier molecular flexibility index (Phi) is 10.6. The summed E-state index contributed by atoms with van der Waals surface area (Å²) in [7, 11) is 1.62. The number of aromatic nitrogens is 3. The van der Waals surface area contributed by atoms with Gasteiger partial charge < -0.3 is 35.6 Å². The summed E-state index contributed by atoms with van der Waals surface area (Å²) < 4.78 is 12.9. The number of amides is 4. The molecule has 14 nitrogen and oxygen atoms in total. The Morgan fingerprint density at radius 3 is 2.62 bits per heavy atom. The predicted octanol–water partition coefficient (Wildman–Crippen LogP) is 1.77. The average molecular weight is 683 g/mol. The second kappa shape index (κ2) is 15.4. The first-order chi connectivity index (χ1) is 24.3. The lowest BCUT2D eigenvalue weighted by atomic mass is 9.75. The number of carbonyl (C=O) groups is 4. The second-order valence-corrected chi connectivity index (χ2v) is 12.6. The highest BCUT2D eigenvalue weighted by Gasteiger charge is 2.43. The number of fused-ring (bicyclic) bond motifs is 5. The predicted molar refractivity (Wildman–Crippen MR) is 186 cm³/mol. The van der Waals surface area contributed by atoms with Crippen molar-refractivity contribution in [3.8, 4) is 5.75 Å². The number of carbonyl (C=O) groups excluding carboxylic acids is 4.